The van der Waals surface area contributed by atoms with Crippen molar-refractivity contribution in [3.8, 4) is 0 Å². The van der Waals surface area contributed by atoms with E-state index in [1.165, 1.54) is 0 Å². The van der Waals surface area contributed by atoms with Gasteiger partial charge in [0.1, 0.15) is 0 Å². The van der Waals surface area contributed by atoms with Crippen LogP contribution in [0, 0.1) is 6.92 Å². The number of benzene rings is 2. The molecule has 0 saturated heterocycles. The van der Waals surface area contributed by atoms with Gasteiger partial charge in [0.15, 0.2) is 0 Å². The summed E-state index contributed by atoms with van der Waals surface area (Å²) >= 11 is 5.95. The molecule has 3 rings (SSSR count). The van der Waals surface area contributed by atoms with Crippen molar-refractivity contribution in [2.45, 2.75) is 32.1 Å². The zero-order valence-corrected chi connectivity index (χ0v) is 15.1. The average Bonchev–Trinajstić information content (AvgIpc) is 3.39. The number of halogens is 1. The average molecular weight is 357 g/mol. The fourth-order valence-electron chi connectivity index (χ4n) is 2.94. The summed E-state index contributed by atoms with van der Waals surface area (Å²) in [5.74, 6) is -0.178. The van der Waals surface area contributed by atoms with Gasteiger partial charge in [0, 0.05) is 22.8 Å². The molecule has 1 aliphatic carbocycles. The summed E-state index contributed by atoms with van der Waals surface area (Å²) in [7, 11) is 0. The fourth-order valence-corrected chi connectivity index (χ4v) is 3.07. The minimum Gasteiger partial charge on any atom is -0.352 e. The first-order chi connectivity index (χ1) is 12.0. The molecule has 1 fully saturated rings. The molecule has 0 unspecified atom stereocenters. The number of carbonyl (C=O) groups excluding carboxylic acids is 2. The summed E-state index contributed by atoms with van der Waals surface area (Å²) in [5.41, 5.74) is 2.63. The summed E-state index contributed by atoms with van der Waals surface area (Å²) in [6, 6.07) is 12.8. The van der Waals surface area contributed by atoms with Crippen LogP contribution < -0.4 is 10.6 Å². The van der Waals surface area contributed by atoms with Gasteiger partial charge in [0.05, 0.1) is 5.41 Å². The maximum atomic E-state index is 12.9. The van der Waals surface area contributed by atoms with Crippen LogP contribution in [0.15, 0.2) is 42.5 Å². The first-order valence-electron chi connectivity index (χ1n) is 8.42. The summed E-state index contributed by atoms with van der Waals surface area (Å²) in [6.45, 7) is 4.35. The lowest BCUT2D eigenvalue weighted by Gasteiger charge is -2.17. The second-order valence-electron chi connectivity index (χ2n) is 6.43. The van der Waals surface area contributed by atoms with Crippen LogP contribution in [0.25, 0.3) is 0 Å². The predicted octanol–water partition coefficient (Wildman–Crippen LogP) is 4.07. The lowest BCUT2D eigenvalue weighted by atomic mass is 9.94. The highest BCUT2D eigenvalue weighted by molar-refractivity contribution is 6.30. The lowest BCUT2D eigenvalue weighted by molar-refractivity contribution is -0.118. The molecule has 0 radical (unpaired) electrons. The Kier molecular flexibility index (Phi) is 4.82. The molecule has 2 N–H and O–H groups in total. The topological polar surface area (TPSA) is 58.2 Å². The molecule has 0 heterocycles. The SMILES string of the molecule is CCNC(=O)c1ccc(C)c(NC(=O)C2(c3ccc(Cl)cc3)CC2)c1. The highest BCUT2D eigenvalue weighted by atomic mass is 35.5. The molecule has 4 nitrogen and oxygen atoms in total. The Labute approximate surface area is 152 Å². The van der Waals surface area contributed by atoms with Crippen LogP contribution in [0.5, 0.6) is 0 Å². The van der Waals surface area contributed by atoms with Crippen molar-refractivity contribution in [2.75, 3.05) is 11.9 Å². The molecular formula is C20H21ClN2O2. The van der Waals surface area contributed by atoms with Crippen LogP contribution in [0.3, 0.4) is 0 Å². The lowest BCUT2D eigenvalue weighted by Crippen LogP contribution is -2.28. The van der Waals surface area contributed by atoms with Crippen molar-refractivity contribution in [3.05, 3.63) is 64.2 Å². The first-order valence-corrected chi connectivity index (χ1v) is 8.80. The molecule has 25 heavy (non-hydrogen) atoms. The number of hydrogen-bond donors (Lipinski definition) is 2. The molecule has 1 aliphatic rings. The Balaban J connectivity index is 1.82. The van der Waals surface area contributed by atoms with Gasteiger partial charge in [-0.3, -0.25) is 9.59 Å². The van der Waals surface area contributed by atoms with Crippen molar-refractivity contribution in [1.82, 2.24) is 5.32 Å². The Morgan fingerprint density at radius 2 is 1.80 bits per heavy atom. The van der Waals surface area contributed by atoms with Crippen LogP contribution in [0.2, 0.25) is 5.02 Å². The van der Waals surface area contributed by atoms with E-state index in [9.17, 15) is 9.59 Å². The Morgan fingerprint density at radius 3 is 2.40 bits per heavy atom. The Bertz CT molecular complexity index is 811. The zero-order chi connectivity index (χ0) is 18.0. The van der Waals surface area contributed by atoms with Crippen LogP contribution >= 0.6 is 11.6 Å². The Hall–Kier alpha value is -2.33. The molecule has 2 aromatic carbocycles. The van der Waals surface area contributed by atoms with Gasteiger partial charge < -0.3 is 10.6 Å². The van der Waals surface area contributed by atoms with Crippen molar-refractivity contribution < 1.29 is 9.59 Å². The molecule has 0 aromatic heterocycles. The second-order valence-corrected chi connectivity index (χ2v) is 6.87. The maximum absolute atomic E-state index is 12.9. The highest BCUT2D eigenvalue weighted by Gasteiger charge is 2.51. The molecule has 2 aromatic rings. The molecule has 5 heteroatoms. The number of amides is 2. The Morgan fingerprint density at radius 1 is 1.12 bits per heavy atom. The summed E-state index contributed by atoms with van der Waals surface area (Å²) < 4.78 is 0. The van der Waals surface area contributed by atoms with Crippen LogP contribution in [0.1, 0.15) is 41.3 Å². The normalized spacial score (nSPS) is 14.7. The third-order valence-corrected chi connectivity index (χ3v) is 4.92. The van der Waals surface area contributed by atoms with Crippen LogP contribution in [-0.2, 0) is 10.2 Å². The number of rotatable bonds is 5. The summed E-state index contributed by atoms with van der Waals surface area (Å²) in [5, 5.41) is 6.44. The van der Waals surface area contributed by atoms with Gasteiger partial charge in [-0.2, -0.15) is 0 Å². The highest BCUT2D eigenvalue weighted by Crippen LogP contribution is 2.49. The summed E-state index contributed by atoms with van der Waals surface area (Å²) in [6.07, 6.45) is 1.63. The van der Waals surface area contributed by atoms with E-state index in [-0.39, 0.29) is 11.8 Å². The second kappa shape index (κ2) is 6.89. The molecule has 0 bridgehead atoms. The van der Waals surface area contributed by atoms with E-state index in [1.807, 2.05) is 44.2 Å². The fraction of sp³-hybridized carbons (Fsp3) is 0.300. The van der Waals surface area contributed by atoms with E-state index in [0.29, 0.717) is 22.8 Å². The van der Waals surface area contributed by atoms with Crippen LogP contribution in [0.4, 0.5) is 5.69 Å². The third-order valence-electron chi connectivity index (χ3n) is 4.67. The van der Waals surface area contributed by atoms with Crippen molar-refractivity contribution in [1.29, 1.82) is 0 Å². The number of carbonyl (C=O) groups is 2. The van der Waals surface area contributed by atoms with Gasteiger partial charge in [0.25, 0.3) is 5.91 Å². The number of anilines is 1. The van der Waals surface area contributed by atoms with E-state index in [4.69, 9.17) is 11.6 Å². The van der Waals surface area contributed by atoms with Crippen molar-refractivity contribution in [2.24, 2.45) is 0 Å². The zero-order valence-electron chi connectivity index (χ0n) is 14.4. The summed E-state index contributed by atoms with van der Waals surface area (Å²) in [4.78, 5) is 24.9. The molecule has 2 amide bonds. The van der Waals surface area contributed by atoms with E-state index in [0.717, 1.165) is 24.0 Å². The minimum absolute atomic E-state index is 0.0361. The number of hydrogen-bond acceptors (Lipinski definition) is 2. The van der Waals surface area contributed by atoms with E-state index < -0.39 is 5.41 Å². The molecule has 0 spiro atoms. The van der Waals surface area contributed by atoms with E-state index in [1.54, 1.807) is 12.1 Å². The smallest absolute Gasteiger partial charge is 0.251 e. The molecular weight excluding hydrogens is 336 g/mol. The third kappa shape index (κ3) is 3.54. The van der Waals surface area contributed by atoms with E-state index in [2.05, 4.69) is 10.6 Å². The largest absolute Gasteiger partial charge is 0.352 e. The van der Waals surface area contributed by atoms with E-state index >= 15 is 0 Å². The van der Waals surface area contributed by atoms with Crippen LogP contribution in [-0.4, -0.2) is 18.4 Å². The van der Waals surface area contributed by atoms with Crippen molar-refractivity contribution in [3.63, 3.8) is 0 Å². The van der Waals surface area contributed by atoms with Gasteiger partial charge in [-0.25, -0.2) is 0 Å². The van der Waals surface area contributed by atoms with Gasteiger partial charge in [-0.05, 0) is 62.1 Å². The first kappa shape index (κ1) is 17.5. The number of aryl methyl sites for hydroxylation is 1. The van der Waals surface area contributed by atoms with Gasteiger partial charge in [-0.1, -0.05) is 29.8 Å². The van der Waals surface area contributed by atoms with Gasteiger partial charge in [0.2, 0.25) is 5.91 Å². The van der Waals surface area contributed by atoms with Crippen molar-refractivity contribution >= 4 is 29.1 Å². The van der Waals surface area contributed by atoms with Gasteiger partial charge in [-0.15, -0.1) is 0 Å². The van der Waals surface area contributed by atoms with Gasteiger partial charge >= 0.3 is 0 Å². The molecule has 0 atom stereocenters. The minimum atomic E-state index is -0.487. The number of nitrogens with one attached hydrogen (secondary N) is 2. The monoisotopic (exact) mass is 356 g/mol. The predicted molar refractivity (Wildman–Crippen MR) is 100 cm³/mol. The quantitative estimate of drug-likeness (QED) is 0.848. The maximum Gasteiger partial charge on any atom is 0.251 e. The standard InChI is InChI=1S/C20H21ClN2O2/c1-3-22-18(24)14-5-4-13(2)17(12-14)23-19(25)20(10-11-20)15-6-8-16(21)9-7-15/h4-9,12H,3,10-11H2,1-2H3,(H,22,24)(H,23,25). The molecule has 0 aliphatic heterocycles. The molecule has 130 valence electrons. The molecule has 1 saturated carbocycles.